The number of amides is 1. The normalized spacial score (nSPS) is 12.6. The van der Waals surface area contributed by atoms with Gasteiger partial charge in [0.1, 0.15) is 0 Å². The van der Waals surface area contributed by atoms with Crippen molar-refractivity contribution in [2.45, 2.75) is 38.9 Å². The smallest absolute Gasteiger partial charge is 0.348 e. The Morgan fingerprint density at radius 1 is 1.27 bits per heavy atom. The van der Waals surface area contributed by atoms with Gasteiger partial charge in [-0.15, -0.1) is 12.4 Å². The van der Waals surface area contributed by atoms with Gasteiger partial charge in [-0.2, -0.15) is 18.3 Å². The second kappa shape index (κ2) is 8.50. The summed E-state index contributed by atoms with van der Waals surface area (Å²) < 4.78 is 39.4. The zero-order chi connectivity index (χ0) is 18.8. The van der Waals surface area contributed by atoms with E-state index in [0.29, 0.717) is 11.3 Å². The maximum absolute atomic E-state index is 12.7. The molecule has 0 spiro atoms. The summed E-state index contributed by atoms with van der Waals surface area (Å²) in [5, 5.41) is 6.88. The fraction of sp³-hybridized carbons (Fsp3) is 0.438. The van der Waals surface area contributed by atoms with Gasteiger partial charge in [0.05, 0.1) is 23.0 Å². The van der Waals surface area contributed by atoms with Crippen LogP contribution >= 0.6 is 12.4 Å². The Hall–Kier alpha value is -2.13. The summed E-state index contributed by atoms with van der Waals surface area (Å²) in [6.07, 6.45) is -2.33. The van der Waals surface area contributed by atoms with Crippen LogP contribution in [0.4, 0.5) is 13.2 Å². The Bertz CT molecular complexity index is 743. The van der Waals surface area contributed by atoms with Crippen LogP contribution in [0.3, 0.4) is 0 Å². The molecule has 26 heavy (non-hydrogen) atoms. The molecule has 2 aromatic rings. The minimum absolute atomic E-state index is 0. The first kappa shape index (κ1) is 21.9. The molecular weight excluding hydrogens is 371 g/mol. The van der Waals surface area contributed by atoms with Crippen molar-refractivity contribution in [3.63, 3.8) is 0 Å². The highest BCUT2D eigenvalue weighted by atomic mass is 35.5. The Morgan fingerprint density at radius 2 is 1.92 bits per heavy atom. The number of rotatable bonds is 5. The van der Waals surface area contributed by atoms with Gasteiger partial charge in [0, 0.05) is 18.8 Å². The molecule has 0 bridgehead atoms. The maximum atomic E-state index is 12.7. The van der Waals surface area contributed by atoms with Crippen LogP contribution in [0.5, 0.6) is 0 Å². The molecule has 6 nitrogen and oxygen atoms in total. The molecule has 0 unspecified atom stereocenters. The number of alkyl halides is 3. The van der Waals surface area contributed by atoms with Crippen molar-refractivity contribution in [1.29, 1.82) is 0 Å². The van der Waals surface area contributed by atoms with E-state index in [4.69, 9.17) is 5.73 Å². The number of carbonyl (C=O) groups excluding carboxylic acids is 1. The topological polar surface area (TPSA) is 85.8 Å². The maximum Gasteiger partial charge on any atom is 0.417 e. The number of nitrogens with two attached hydrogens (primary N) is 1. The van der Waals surface area contributed by atoms with Crippen LogP contribution in [0.15, 0.2) is 24.5 Å². The van der Waals surface area contributed by atoms with Crippen LogP contribution in [0, 0.1) is 0 Å². The number of halogens is 4. The molecule has 2 aromatic heterocycles. The van der Waals surface area contributed by atoms with Gasteiger partial charge in [-0.05, 0) is 25.0 Å². The number of nitrogens with one attached hydrogen (secondary N) is 1. The van der Waals surface area contributed by atoms with Crippen molar-refractivity contribution in [2.24, 2.45) is 5.73 Å². The first-order valence-electron chi connectivity index (χ1n) is 7.77. The number of aromatic nitrogens is 3. The van der Waals surface area contributed by atoms with E-state index in [-0.39, 0.29) is 42.6 Å². The number of nitrogens with zero attached hydrogens (tertiary/aromatic N) is 3. The molecule has 0 aromatic carbocycles. The van der Waals surface area contributed by atoms with Crippen LogP contribution in [0.2, 0.25) is 0 Å². The number of pyridine rings is 1. The molecule has 10 heteroatoms. The van der Waals surface area contributed by atoms with Crippen molar-refractivity contribution in [3.05, 3.63) is 41.3 Å². The van der Waals surface area contributed by atoms with E-state index in [1.165, 1.54) is 16.9 Å². The molecule has 0 aliphatic rings. The predicted octanol–water partition coefficient (Wildman–Crippen LogP) is 2.91. The Kier molecular flexibility index (Phi) is 7.16. The highest BCUT2D eigenvalue weighted by Gasteiger charge is 2.31. The van der Waals surface area contributed by atoms with Gasteiger partial charge in [-0.25, -0.2) is 9.67 Å². The first-order valence-corrected chi connectivity index (χ1v) is 7.77. The zero-order valence-electron chi connectivity index (χ0n) is 14.5. The van der Waals surface area contributed by atoms with E-state index in [9.17, 15) is 18.0 Å². The average Bonchev–Trinajstić information content (AvgIpc) is 2.99. The fourth-order valence-electron chi connectivity index (χ4n) is 2.31. The van der Waals surface area contributed by atoms with Gasteiger partial charge in [-0.1, -0.05) is 13.8 Å². The van der Waals surface area contributed by atoms with Gasteiger partial charge in [-0.3, -0.25) is 4.79 Å². The SMILES string of the molecule is CC(C)c1c(C(=O)N[C@@H](C)CN)cnn1-c1ccc(C(F)(F)F)cn1.Cl. The molecule has 2 rings (SSSR count). The summed E-state index contributed by atoms with van der Waals surface area (Å²) in [6, 6.07) is 1.95. The highest BCUT2D eigenvalue weighted by molar-refractivity contribution is 5.95. The Balaban J connectivity index is 0.00000338. The Morgan fingerprint density at radius 3 is 2.38 bits per heavy atom. The monoisotopic (exact) mass is 391 g/mol. The third-order valence-corrected chi connectivity index (χ3v) is 3.62. The van der Waals surface area contributed by atoms with Crippen LogP contribution < -0.4 is 11.1 Å². The van der Waals surface area contributed by atoms with Crippen molar-refractivity contribution in [2.75, 3.05) is 6.54 Å². The van der Waals surface area contributed by atoms with Crippen LogP contribution in [-0.2, 0) is 6.18 Å². The molecule has 0 aliphatic heterocycles. The molecule has 2 heterocycles. The van der Waals surface area contributed by atoms with Gasteiger partial charge in [0.2, 0.25) is 0 Å². The summed E-state index contributed by atoms with van der Waals surface area (Å²) in [6.45, 7) is 5.79. The van der Waals surface area contributed by atoms with Crippen molar-refractivity contribution >= 4 is 18.3 Å². The third kappa shape index (κ3) is 4.73. The molecule has 3 N–H and O–H groups in total. The lowest BCUT2D eigenvalue weighted by Crippen LogP contribution is -2.38. The van der Waals surface area contributed by atoms with E-state index >= 15 is 0 Å². The molecular formula is C16H21ClF3N5O. The van der Waals surface area contributed by atoms with E-state index in [0.717, 1.165) is 12.3 Å². The standard InChI is InChI=1S/C16H20F3N5O.ClH/c1-9(2)14-12(15(25)23-10(3)6-20)8-22-24(14)13-5-4-11(7-21-13)16(17,18)19;/h4-5,7-10H,6,20H2,1-3H3,(H,23,25);1H/t10-;/m0./s1. The third-order valence-electron chi connectivity index (χ3n) is 3.62. The molecule has 0 fully saturated rings. The van der Waals surface area contributed by atoms with Gasteiger partial charge in [0.25, 0.3) is 5.91 Å². The van der Waals surface area contributed by atoms with Crippen molar-refractivity contribution in [3.8, 4) is 5.82 Å². The van der Waals surface area contributed by atoms with Crippen LogP contribution in [-0.4, -0.2) is 33.3 Å². The van der Waals surface area contributed by atoms with Crippen molar-refractivity contribution < 1.29 is 18.0 Å². The molecule has 0 saturated heterocycles. The first-order chi connectivity index (χ1) is 11.6. The molecule has 0 saturated carbocycles. The van der Waals surface area contributed by atoms with E-state index in [1.54, 1.807) is 6.92 Å². The summed E-state index contributed by atoms with van der Waals surface area (Å²) in [4.78, 5) is 16.2. The van der Waals surface area contributed by atoms with E-state index in [1.807, 2.05) is 13.8 Å². The molecule has 1 amide bonds. The minimum Gasteiger partial charge on any atom is -0.348 e. The molecule has 0 radical (unpaired) electrons. The minimum atomic E-state index is -4.46. The van der Waals surface area contributed by atoms with Crippen LogP contribution in [0.1, 0.15) is 48.3 Å². The summed E-state index contributed by atoms with van der Waals surface area (Å²) in [7, 11) is 0. The largest absolute Gasteiger partial charge is 0.417 e. The lowest BCUT2D eigenvalue weighted by Gasteiger charge is -2.15. The number of carbonyl (C=O) groups is 1. The predicted molar refractivity (Wildman–Crippen MR) is 93.7 cm³/mol. The summed E-state index contributed by atoms with van der Waals surface area (Å²) >= 11 is 0. The van der Waals surface area contributed by atoms with Gasteiger partial charge >= 0.3 is 6.18 Å². The second-order valence-corrected chi connectivity index (χ2v) is 6.02. The summed E-state index contributed by atoms with van der Waals surface area (Å²) in [5.41, 5.74) is 5.57. The second-order valence-electron chi connectivity index (χ2n) is 6.02. The van der Waals surface area contributed by atoms with E-state index < -0.39 is 11.7 Å². The van der Waals surface area contributed by atoms with Crippen LogP contribution in [0.25, 0.3) is 5.82 Å². The lowest BCUT2D eigenvalue weighted by molar-refractivity contribution is -0.137. The molecule has 144 valence electrons. The van der Waals surface area contributed by atoms with E-state index in [2.05, 4.69) is 15.4 Å². The fourth-order valence-corrected chi connectivity index (χ4v) is 2.31. The highest BCUT2D eigenvalue weighted by Crippen LogP contribution is 2.29. The average molecular weight is 392 g/mol. The van der Waals surface area contributed by atoms with Crippen molar-refractivity contribution in [1.82, 2.24) is 20.1 Å². The zero-order valence-corrected chi connectivity index (χ0v) is 15.4. The number of hydrogen-bond donors (Lipinski definition) is 2. The molecule has 0 aliphatic carbocycles. The Labute approximate surface area is 155 Å². The van der Waals surface area contributed by atoms with Gasteiger partial charge < -0.3 is 11.1 Å². The van der Waals surface area contributed by atoms with Gasteiger partial charge in [0.15, 0.2) is 5.82 Å². The summed E-state index contributed by atoms with van der Waals surface area (Å²) in [5.74, 6) is -0.219. The quantitative estimate of drug-likeness (QED) is 0.820. The molecule has 1 atom stereocenters. The number of hydrogen-bond acceptors (Lipinski definition) is 4. The lowest BCUT2D eigenvalue weighted by atomic mass is 10.0.